The molecule has 0 heterocycles. The summed E-state index contributed by atoms with van der Waals surface area (Å²) in [7, 11) is -1.04. The molecular formula is C27H44BBrN2O6Pd. The molecule has 38 heavy (non-hydrogen) atoms. The van der Waals surface area contributed by atoms with Gasteiger partial charge in [-0.1, -0.05) is 48.3 Å². The monoisotopic (exact) mass is 688 g/mol. The first kappa shape index (κ1) is 40.6. The Balaban J connectivity index is -0.000000427. The fraction of sp³-hybridized carbons (Fsp3) is 0.481. The second kappa shape index (κ2) is 20.1. The Bertz CT molecular complexity index is 949. The molecule has 8 nitrogen and oxygen atoms in total. The Labute approximate surface area is 250 Å². The molecule has 2 aromatic carbocycles. The van der Waals surface area contributed by atoms with Gasteiger partial charge in [0.25, 0.3) is 11.9 Å². The van der Waals surface area contributed by atoms with E-state index in [2.05, 4.69) is 41.9 Å². The normalized spacial score (nSPS) is 12.4. The van der Waals surface area contributed by atoms with Crippen LogP contribution in [0.25, 0.3) is 0 Å². The number of benzene rings is 2. The van der Waals surface area contributed by atoms with E-state index < -0.39 is 19.1 Å². The van der Waals surface area contributed by atoms with E-state index in [4.69, 9.17) is 41.3 Å². The molecule has 0 atom stereocenters. The van der Waals surface area contributed by atoms with E-state index >= 15 is 0 Å². The Morgan fingerprint density at radius 2 is 1.08 bits per heavy atom. The van der Waals surface area contributed by atoms with Crippen LogP contribution in [0.1, 0.15) is 80.7 Å². The quantitative estimate of drug-likeness (QED) is 0.169. The van der Waals surface area contributed by atoms with E-state index in [-0.39, 0.29) is 33.7 Å². The van der Waals surface area contributed by atoms with Gasteiger partial charge < -0.3 is 31.7 Å². The van der Waals surface area contributed by atoms with Gasteiger partial charge in [-0.2, -0.15) is 0 Å². The average Bonchev–Trinajstić information content (AvgIpc) is 3.62. The Morgan fingerprint density at radius 3 is 1.29 bits per heavy atom. The topological polar surface area (TPSA) is 167 Å². The minimum Gasteiger partial charge on any atom is -0.481 e. The van der Waals surface area contributed by atoms with E-state index in [0.29, 0.717) is 0 Å². The molecule has 8 N–H and O–H groups in total. The molecule has 2 aliphatic carbocycles. The zero-order valence-corrected chi connectivity index (χ0v) is 25.5. The van der Waals surface area contributed by atoms with Gasteiger partial charge in [-0.05, 0) is 92.2 Å². The van der Waals surface area contributed by atoms with Crippen LogP contribution < -0.4 is 11.5 Å². The van der Waals surface area contributed by atoms with Crippen molar-refractivity contribution in [1.29, 1.82) is 0 Å². The largest absolute Gasteiger partial charge is 0.481 e. The van der Waals surface area contributed by atoms with E-state index in [1.165, 1.54) is 29.5 Å². The fourth-order valence-corrected chi connectivity index (χ4v) is 3.66. The maximum Gasteiger partial charge on any atom is 0.454 e. The number of nitrogens with two attached hydrogens (primary N) is 2. The van der Waals surface area contributed by atoms with Crippen LogP contribution in [-0.2, 0) is 30.0 Å². The molecule has 0 spiro atoms. The predicted octanol–water partition coefficient (Wildman–Crippen LogP) is 5.85. The zero-order valence-electron chi connectivity index (χ0n) is 22.3. The number of carboxylic acids is 2. The van der Waals surface area contributed by atoms with Gasteiger partial charge in [0, 0.05) is 50.1 Å². The molecule has 218 valence electrons. The fourth-order valence-electron chi connectivity index (χ4n) is 2.98. The molecule has 0 saturated heterocycles. The number of anilines is 2. The number of nitrogen functional groups attached to an aromatic ring is 2. The molecule has 4 rings (SSSR count). The van der Waals surface area contributed by atoms with Crippen LogP contribution in [0.2, 0.25) is 5.82 Å². The Morgan fingerprint density at radius 1 is 0.789 bits per heavy atom. The molecule has 0 unspecified atom stereocenters. The number of rotatable bonds is 2. The Kier molecular flexibility index (Phi) is 21.4. The number of aliphatic carboxylic acids is 2. The first-order chi connectivity index (χ1) is 16.6. The van der Waals surface area contributed by atoms with Crippen LogP contribution in [0.4, 0.5) is 11.4 Å². The number of carboxylic acid groups (broad SMARTS) is 2. The molecule has 2 saturated carbocycles. The minimum atomic E-state index is -1.04. The zero-order chi connectivity index (χ0) is 28.2. The van der Waals surface area contributed by atoms with Crippen molar-refractivity contribution in [2.75, 3.05) is 11.5 Å². The summed E-state index contributed by atoms with van der Waals surface area (Å²) in [4.78, 5) is 18.0. The smallest absolute Gasteiger partial charge is 0.454 e. The SMILES string of the molecule is C.CC(=O)O.CC(=O)O.Cc1cc(Br)cc(C)c1N.Cc1cc(C2CC2)cc(C)c1N.OB(O)C1CC1.[Pd]. The standard InChI is InChI=1S/C11H15N.C8H10BrN.C3H7BO2.2C2H4O2.CH4.Pd/c1-7-5-10(9-3-4-9)6-8(2)11(7)12;1-5-3-7(9)4-6(2)8(5)10;5-4(6)3-1-2-3;2*1-2(3)4;;/h5-6,9H,3-4,12H2,1-2H3;3-4H,10H2,1-2H3;3,5-6H,1-2H2;2*1H3,(H,3,4);1H4;. The van der Waals surface area contributed by atoms with Crippen molar-refractivity contribution in [1.82, 2.24) is 0 Å². The molecule has 0 aromatic heterocycles. The van der Waals surface area contributed by atoms with E-state index in [1.807, 2.05) is 26.0 Å². The van der Waals surface area contributed by atoms with E-state index in [0.717, 1.165) is 59.6 Å². The summed E-state index contributed by atoms with van der Waals surface area (Å²) < 4.78 is 1.09. The van der Waals surface area contributed by atoms with Crippen molar-refractivity contribution in [3.8, 4) is 0 Å². The summed E-state index contributed by atoms with van der Waals surface area (Å²) in [5.41, 5.74) is 19.7. The number of carbonyl (C=O) groups is 2. The van der Waals surface area contributed by atoms with Gasteiger partial charge in [-0.3, -0.25) is 9.59 Å². The van der Waals surface area contributed by atoms with Gasteiger partial charge in [0.2, 0.25) is 0 Å². The van der Waals surface area contributed by atoms with Gasteiger partial charge in [0.05, 0.1) is 0 Å². The number of hydrogen-bond donors (Lipinski definition) is 6. The second-order valence-electron chi connectivity index (χ2n) is 9.08. The van der Waals surface area contributed by atoms with Crippen LogP contribution >= 0.6 is 15.9 Å². The molecule has 0 bridgehead atoms. The molecular weight excluding hydrogens is 645 g/mol. The molecule has 0 aliphatic heterocycles. The van der Waals surface area contributed by atoms with Crippen molar-refractivity contribution < 1.29 is 50.3 Å². The predicted molar refractivity (Wildman–Crippen MR) is 157 cm³/mol. The first-order valence-electron chi connectivity index (χ1n) is 11.7. The number of aryl methyl sites for hydroxylation is 4. The molecule has 11 heteroatoms. The maximum atomic E-state index is 9.00. The van der Waals surface area contributed by atoms with Gasteiger partial charge in [-0.25, -0.2) is 0 Å². The summed E-state index contributed by atoms with van der Waals surface area (Å²) in [6, 6.07) is 8.50. The van der Waals surface area contributed by atoms with Gasteiger partial charge in [0.15, 0.2) is 0 Å². The van der Waals surface area contributed by atoms with Gasteiger partial charge in [0.1, 0.15) is 0 Å². The first-order valence-corrected chi connectivity index (χ1v) is 12.5. The minimum absolute atomic E-state index is 0. The van der Waals surface area contributed by atoms with E-state index in [1.54, 1.807) is 0 Å². The third-order valence-corrected chi connectivity index (χ3v) is 5.72. The summed E-state index contributed by atoms with van der Waals surface area (Å²) in [6.45, 7) is 10.4. The maximum absolute atomic E-state index is 9.00. The van der Waals surface area contributed by atoms with Crippen LogP contribution in [0.5, 0.6) is 0 Å². The summed E-state index contributed by atoms with van der Waals surface area (Å²) in [5.74, 6) is -0.618. The van der Waals surface area contributed by atoms with Crippen molar-refractivity contribution >= 4 is 46.4 Å². The van der Waals surface area contributed by atoms with Crippen molar-refractivity contribution in [3.05, 3.63) is 56.6 Å². The number of halogens is 1. The van der Waals surface area contributed by atoms with Gasteiger partial charge >= 0.3 is 7.12 Å². The molecule has 0 radical (unpaired) electrons. The molecule has 2 aromatic rings. The third-order valence-electron chi connectivity index (χ3n) is 5.27. The summed E-state index contributed by atoms with van der Waals surface area (Å²) >= 11 is 3.39. The van der Waals surface area contributed by atoms with Crippen molar-refractivity contribution in [2.45, 2.75) is 86.4 Å². The van der Waals surface area contributed by atoms with Crippen LogP contribution in [0.3, 0.4) is 0 Å². The Hall–Kier alpha value is -1.89. The van der Waals surface area contributed by atoms with Crippen molar-refractivity contribution in [3.63, 3.8) is 0 Å². The summed E-state index contributed by atoms with van der Waals surface area (Å²) in [6.07, 6.45) is 4.72. The van der Waals surface area contributed by atoms with E-state index in [9.17, 15) is 0 Å². The molecule has 2 fully saturated rings. The van der Waals surface area contributed by atoms with Crippen LogP contribution in [-0.4, -0.2) is 39.3 Å². The van der Waals surface area contributed by atoms with Crippen molar-refractivity contribution in [2.24, 2.45) is 0 Å². The molecule has 2 aliphatic rings. The van der Waals surface area contributed by atoms with Crippen LogP contribution in [0, 0.1) is 27.7 Å². The second-order valence-corrected chi connectivity index (χ2v) is 10.0. The van der Waals surface area contributed by atoms with Crippen LogP contribution in [0.15, 0.2) is 28.7 Å². The molecule has 0 amide bonds. The third kappa shape index (κ3) is 19.2. The average molecular weight is 690 g/mol. The van der Waals surface area contributed by atoms with Gasteiger partial charge in [-0.15, -0.1) is 0 Å². The summed E-state index contributed by atoms with van der Waals surface area (Å²) in [5, 5.41) is 31.3. The number of hydrogen-bond acceptors (Lipinski definition) is 6.